The molecule has 3 N–H and O–H groups in total. The quantitative estimate of drug-likeness (QED) is 0.384. The Morgan fingerprint density at radius 1 is 1.08 bits per heavy atom. The Morgan fingerprint density at radius 3 is 2.36 bits per heavy atom. The second kappa shape index (κ2) is 12.1. The molecule has 1 aliphatic heterocycles. The van der Waals surface area contributed by atoms with Gasteiger partial charge in [-0.15, -0.1) is 0 Å². The summed E-state index contributed by atoms with van der Waals surface area (Å²) < 4.78 is 32.0. The van der Waals surface area contributed by atoms with Crippen LogP contribution in [0.1, 0.15) is 46.7 Å². The molecule has 3 aromatic rings. The number of rotatable bonds is 8. The molecule has 204 valence electrons. The van der Waals surface area contributed by atoms with E-state index in [1.165, 1.54) is 11.9 Å². The lowest BCUT2D eigenvalue weighted by molar-refractivity contribution is -0.0927. The zero-order chi connectivity index (χ0) is 27.2. The predicted molar refractivity (Wildman–Crippen MR) is 144 cm³/mol. The van der Waals surface area contributed by atoms with Gasteiger partial charge < -0.3 is 20.1 Å². The van der Waals surface area contributed by atoms with Crippen LogP contribution in [0.25, 0.3) is 0 Å². The number of nitrogens with zero attached hydrogens (tertiary/aromatic N) is 2. The molecule has 2 aromatic carbocycles. The average Bonchev–Trinajstić information content (AvgIpc) is 2.93. The van der Waals surface area contributed by atoms with Gasteiger partial charge in [0.15, 0.2) is 0 Å². The monoisotopic (exact) mass is 534 g/mol. The number of hydrogen-bond donors (Lipinski definition) is 3. The molecule has 2 aliphatic rings. The van der Waals surface area contributed by atoms with E-state index >= 15 is 0 Å². The van der Waals surface area contributed by atoms with Gasteiger partial charge in [-0.1, -0.05) is 36.1 Å². The van der Waals surface area contributed by atoms with E-state index in [4.69, 9.17) is 4.74 Å². The summed E-state index contributed by atoms with van der Waals surface area (Å²) in [4.78, 5) is 20.7. The number of nitrogens with one attached hydrogen (secondary N) is 2. The van der Waals surface area contributed by atoms with E-state index in [0.717, 1.165) is 49.5 Å². The number of morpholine rings is 1. The van der Waals surface area contributed by atoms with Gasteiger partial charge >= 0.3 is 0 Å². The van der Waals surface area contributed by atoms with Gasteiger partial charge in [0.1, 0.15) is 0 Å². The first-order chi connectivity index (χ1) is 18.8. The number of ether oxygens (including phenoxy) is 1. The summed E-state index contributed by atoms with van der Waals surface area (Å²) in [6.07, 6.45) is 1.17. The van der Waals surface area contributed by atoms with Gasteiger partial charge in [-0.3, -0.25) is 9.69 Å². The second-order valence-corrected chi connectivity index (χ2v) is 10.3. The summed E-state index contributed by atoms with van der Waals surface area (Å²) in [6, 6.07) is 15.8. The Kier molecular flexibility index (Phi) is 8.36. The van der Waals surface area contributed by atoms with Gasteiger partial charge in [0.05, 0.1) is 25.2 Å². The summed E-state index contributed by atoms with van der Waals surface area (Å²) in [5, 5.41) is 13.4. The third-order valence-electron chi connectivity index (χ3n) is 7.28. The third kappa shape index (κ3) is 7.30. The Labute approximate surface area is 226 Å². The molecule has 5 rings (SSSR count). The highest BCUT2D eigenvalue weighted by atomic mass is 19.3. The number of benzene rings is 2. The minimum Gasteiger partial charge on any atom is -0.502 e. The van der Waals surface area contributed by atoms with Crippen LogP contribution in [0.15, 0.2) is 59.7 Å². The molecular weight excluding hydrogens is 502 g/mol. The maximum atomic E-state index is 13.3. The number of aromatic nitrogens is 2. The molecule has 0 spiro atoms. The maximum absolute atomic E-state index is 13.3. The van der Waals surface area contributed by atoms with E-state index in [-0.39, 0.29) is 36.9 Å². The lowest BCUT2D eigenvalue weighted by atomic mass is 9.86. The maximum Gasteiger partial charge on any atom is 0.293 e. The highest BCUT2D eigenvalue weighted by molar-refractivity contribution is 5.44. The normalized spacial score (nSPS) is 18.1. The fourth-order valence-corrected chi connectivity index (χ4v) is 4.93. The van der Waals surface area contributed by atoms with E-state index < -0.39 is 17.2 Å². The van der Waals surface area contributed by atoms with Crippen molar-refractivity contribution < 1.29 is 18.6 Å². The summed E-state index contributed by atoms with van der Waals surface area (Å²) in [5.74, 6) is 3.20. The highest BCUT2D eigenvalue weighted by Crippen LogP contribution is 2.37. The Bertz CT molecular complexity index is 1370. The van der Waals surface area contributed by atoms with E-state index in [1.807, 2.05) is 36.4 Å². The summed E-state index contributed by atoms with van der Waals surface area (Å²) >= 11 is 0. The number of alkyl halides is 2. The second-order valence-electron chi connectivity index (χ2n) is 10.3. The van der Waals surface area contributed by atoms with Crippen molar-refractivity contribution in [3.63, 3.8) is 0 Å². The van der Waals surface area contributed by atoms with Gasteiger partial charge in [-0.2, -0.15) is 0 Å². The summed E-state index contributed by atoms with van der Waals surface area (Å²) in [5.41, 5.74) is 3.63. The Morgan fingerprint density at radius 2 is 1.72 bits per heavy atom. The fraction of sp³-hybridized carbons (Fsp3) is 0.400. The number of hydrogen-bond acceptors (Lipinski definition) is 6. The molecule has 39 heavy (non-hydrogen) atoms. The van der Waals surface area contributed by atoms with Gasteiger partial charge in [0.25, 0.3) is 11.5 Å². The highest BCUT2D eigenvalue weighted by Gasteiger charge is 2.45. The molecule has 0 amide bonds. The predicted octanol–water partition coefficient (Wildman–Crippen LogP) is 3.42. The zero-order valence-corrected chi connectivity index (χ0v) is 21.6. The lowest BCUT2D eigenvalue weighted by Crippen LogP contribution is -2.49. The van der Waals surface area contributed by atoms with Crippen LogP contribution in [-0.2, 0) is 17.7 Å². The molecular formula is C30H32F2N4O3. The van der Waals surface area contributed by atoms with E-state index in [1.54, 1.807) is 0 Å². The van der Waals surface area contributed by atoms with Crippen LogP contribution in [0.2, 0.25) is 0 Å². The molecule has 1 atom stereocenters. The van der Waals surface area contributed by atoms with Crippen molar-refractivity contribution in [3.05, 3.63) is 93.2 Å². The molecule has 9 heteroatoms. The molecule has 0 bridgehead atoms. The molecule has 1 aliphatic carbocycles. The first kappa shape index (κ1) is 27.0. The minimum absolute atomic E-state index is 0.180. The zero-order valence-electron chi connectivity index (χ0n) is 21.6. The lowest BCUT2D eigenvalue weighted by Gasteiger charge is -2.36. The van der Waals surface area contributed by atoms with Crippen molar-refractivity contribution in [2.45, 2.75) is 43.7 Å². The van der Waals surface area contributed by atoms with Crippen molar-refractivity contribution in [1.29, 1.82) is 0 Å². The van der Waals surface area contributed by atoms with Crippen molar-refractivity contribution >= 4 is 0 Å². The molecule has 0 radical (unpaired) electrons. The SMILES string of the molecule is O=c1[nH]cnc(C[C@@H](CNC2CC(F)(F)C2)c2ccc(C#Cc3ccc(CN4CCOCC4)cc3)cc2)c1O. The third-order valence-corrected chi connectivity index (χ3v) is 7.28. The number of aromatic hydroxyl groups is 1. The van der Waals surface area contributed by atoms with Crippen LogP contribution in [0, 0.1) is 11.8 Å². The van der Waals surface area contributed by atoms with Gasteiger partial charge in [-0.05, 0) is 35.4 Å². The van der Waals surface area contributed by atoms with Crippen LogP contribution >= 0.6 is 0 Å². The largest absolute Gasteiger partial charge is 0.502 e. The fourth-order valence-electron chi connectivity index (χ4n) is 4.93. The average molecular weight is 535 g/mol. The molecule has 1 saturated carbocycles. The van der Waals surface area contributed by atoms with Crippen molar-refractivity contribution in [2.75, 3.05) is 32.8 Å². The van der Waals surface area contributed by atoms with Crippen LogP contribution in [0.4, 0.5) is 8.78 Å². The number of halogens is 2. The van der Waals surface area contributed by atoms with Crippen LogP contribution in [-0.4, -0.2) is 64.8 Å². The number of H-pyrrole nitrogens is 1. The van der Waals surface area contributed by atoms with Crippen LogP contribution < -0.4 is 10.9 Å². The molecule has 0 unspecified atom stereocenters. The van der Waals surface area contributed by atoms with Crippen LogP contribution in [0.5, 0.6) is 5.75 Å². The smallest absolute Gasteiger partial charge is 0.293 e. The summed E-state index contributed by atoms with van der Waals surface area (Å²) in [7, 11) is 0. The molecule has 1 aromatic heterocycles. The molecule has 7 nitrogen and oxygen atoms in total. The molecule has 1 saturated heterocycles. The minimum atomic E-state index is -2.61. The van der Waals surface area contributed by atoms with Gasteiger partial charge in [0, 0.05) is 68.5 Å². The Hall–Kier alpha value is -3.58. The first-order valence-electron chi connectivity index (χ1n) is 13.2. The van der Waals surface area contributed by atoms with Crippen LogP contribution in [0.3, 0.4) is 0 Å². The number of aromatic amines is 1. The van der Waals surface area contributed by atoms with Crippen molar-refractivity contribution in [2.24, 2.45) is 0 Å². The molecule has 2 heterocycles. The van der Waals surface area contributed by atoms with E-state index in [9.17, 15) is 18.7 Å². The topological polar surface area (TPSA) is 90.5 Å². The molecule has 2 fully saturated rings. The van der Waals surface area contributed by atoms with Gasteiger partial charge in [0.2, 0.25) is 5.75 Å². The van der Waals surface area contributed by atoms with Crippen molar-refractivity contribution in [1.82, 2.24) is 20.2 Å². The Balaban J connectivity index is 1.24. The summed E-state index contributed by atoms with van der Waals surface area (Å²) in [6.45, 7) is 4.78. The standard InChI is InChI=1S/C30H32F2N4O3/c31-30(32)16-26(17-30)33-18-25(15-27-28(37)29(38)35-20-34-27)24-9-7-22(8-10-24)2-1-21-3-5-23(6-4-21)19-36-11-13-39-14-12-36/h3-10,20,25-26,33,37H,11-19H2,(H,34,35,38)/t25-/m0/s1. The first-order valence-corrected chi connectivity index (χ1v) is 13.2. The van der Waals surface area contributed by atoms with Gasteiger partial charge in [-0.25, -0.2) is 13.8 Å². The van der Waals surface area contributed by atoms with Crippen molar-refractivity contribution in [3.8, 4) is 17.6 Å². The van der Waals surface area contributed by atoms with E-state index in [0.29, 0.717) is 6.54 Å². The van der Waals surface area contributed by atoms with E-state index in [2.05, 4.69) is 44.2 Å².